The van der Waals surface area contributed by atoms with E-state index >= 15 is 0 Å². The van der Waals surface area contributed by atoms with E-state index in [0.717, 1.165) is 0 Å². The predicted octanol–water partition coefficient (Wildman–Crippen LogP) is -1.41. The molecular formula is C5H7N2O3. The molecule has 55 valence electrons. The number of nitrogens with one attached hydrogen (secondary N) is 1. The first-order valence-corrected chi connectivity index (χ1v) is 2.78. The molecule has 1 unspecified atom stereocenters. The fraction of sp³-hybridized carbons (Fsp3) is 0.600. The zero-order valence-corrected chi connectivity index (χ0v) is 5.42. The van der Waals surface area contributed by atoms with E-state index in [1.54, 1.807) is 0 Å². The molecule has 1 radical (unpaired) electrons. The van der Waals surface area contributed by atoms with Gasteiger partial charge in [0.2, 0.25) is 0 Å². The third-order valence-corrected chi connectivity index (χ3v) is 1.24. The lowest BCUT2D eigenvalue weighted by Crippen LogP contribution is -2.58. The van der Waals surface area contributed by atoms with Gasteiger partial charge in [0.05, 0.1) is 6.54 Å². The van der Waals surface area contributed by atoms with Gasteiger partial charge < -0.3 is 5.11 Å². The highest BCUT2D eigenvalue weighted by Gasteiger charge is 2.36. The molecule has 0 aliphatic carbocycles. The van der Waals surface area contributed by atoms with Crippen LogP contribution in [0.4, 0.5) is 4.79 Å². The van der Waals surface area contributed by atoms with Crippen LogP contribution in [0.25, 0.3) is 0 Å². The van der Waals surface area contributed by atoms with Gasteiger partial charge in [0.15, 0.2) is 5.60 Å². The molecule has 1 rings (SSSR count). The van der Waals surface area contributed by atoms with Crippen LogP contribution in [0.1, 0.15) is 6.92 Å². The molecule has 0 aromatic rings. The Labute approximate surface area is 57.4 Å². The van der Waals surface area contributed by atoms with Crippen LogP contribution in [0, 0.1) is 0 Å². The Morgan fingerprint density at radius 3 is 2.70 bits per heavy atom. The van der Waals surface area contributed by atoms with Crippen molar-refractivity contribution in [2.45, 2.75) is 12.5 Å². The molecule has 1 aliphatic heterocycles. The van der Waals surface area contributed by atoms with Gasteiger partial charge in [-0.1, -0.05) is 0 Å². The Balaban J connectivity index is 2.70. The highest BCUT2D eigenvalue weighted by Crippen LogP contribution is 2.05. The summed E-state index contributed by atoms with van der Waals surface area (Å²) in [6.45, 7) is 1.15. The molecule has 0 aromatic heterocycles. The summed E-state index contributed by atoms with van der Waals surface area (Å²) in [5, 5.41) is 14.3. The van der Waals surface area contributed by atoms with Gasteiger partial charge in [0.25, 0.3) is 5.91 Å². The minimum atomic E-state index is -1.52. The molecule has 1 aliphatic rings. The van der Waals surface area contributed by atoms with Crippen LogP contribution >= 0.6 is 0 Å². The fourth-order valence-electron chi connectivity index (χ4n) is 0.569. The summed E-state index contributed by atoms with van der Waals surface area (Å²) in [6.07, 6.45) is 0. The number of hydrogen-bond donors (Lipinski definition) is 2. The van der Waals surface area contributed by atoms with Crippen molar-refractivity contribution in [1.29, 1.82) is 0 Å². The molecule has 0 spiro atoms. The second-order valence-corrected chi connectivity index (χ2v) is 2.35. The third kappa shape index (κ3) is 1.08. The first-order valence-electron chi connectivity index (χ1n) is 2.78. The predicted molar refractivity (Wildman–Crippen MR) is 31.2 cm³/mol. The van der Waals surface area contributed by atoms with E-state index in [1.807, 2.05) is 5.32 Å². The summed E-state index contributed by atoms with van der Waals surface area (Å²) >= 11 is 0. The van der Waals surface area contributed by atoms with Crippen molar-refractivity contribution in [2.24, 2.45) is 0 Å². The van der Waals surface area contributed by atoms with Crippen molar-refractivity contribution in [3.63, 3.8) is 0 Å². The zero-order valence-electron chi connectivity index (χ0n) is 5.42. The monoisotopic (exact) mass is 143 g/mol. The summed E-state index contributed by atoms with van der Waals surface area (Å²) < 4.78 is 0. The number of hydrogen-bond acceptors (Lipinski definition) is 3. The quantitative estimate of drug-likeness (QED) is 0.437. The van der Waals surface area contributed by atoms with Crippen LogP contribution in [-0.2, 0) is 4.79 Å². The maximum absolute atomic E-state index is 10.7. The molecule has 2 N–H and O–H groups in total. The molecular weight excluding hydrogens is 136 g/mol. The minimum absolute atomic E-state index is 0.155. The van der Waals surface area contributed by atoms with Gasteiger partial charge in [-0.2, -0.15) is 0 Å². The first kappa shape index (κ1) is 7.01. The Hall–Kier alpha value is -1.10. The summed E-state index contributed by atoms with van der Waals surface area (Å²) in [5.74, 6) is -0.687. The van der Waals surface area contributed by atoms with Crippen molar-refractivity contribution in [3.8, 4) is 0 Å². The van der Waals surface area contributed by atoms with E-state index in [1.165, 1.54) is 6.92 Å². The van der Waals surface area contributed by atoms with Crippen LogP contribution < -0.4 is 10.6 Å². The largest absolute Gasteiger partial charge is 0.378 e. The number of nitrogens with zero attached hydrogens (tertiary/aromatic N) is 1. The van der Waals surface area contributed by atoms with E-state index in [4.69, 9.17) is 5.11 Å². The summed E-state index contributed by atoms with van der Waals surface area (Å²) in [6, 6.07) is -0.684. The molecule has 1 atom stereocenters. The second-order valence-electron chi connectivity index (χ2n) is 2.35. The van der Waals surface area contributed by atoms with Crippen molar-refractivity contribution in [2.75, 3.05) is 6.54 Å². The molecule has 10 heavy (non-hydrogen) atoms. The van der Waals surface area contributed by atoms with E-state index in [0.29, 0.717) is 0 Å². The molecule has 0 aromatic carbocycles. The van der Waals surface area contributed by atoms with Gasteiger partial charge in [0.1, 0.15) is 0 Å². The fourth-order valence-corrected chi connectivity index (χ4v) is 0.569. The highest BCUT2D eigenvalue weighted by molar-refractivity contribution is 6.01. The van der Waals surface area contributed by atoms with Crippen LogP contribution in [-0.4, -0.2) is 29.2 Å². The van der Waals surface area contributed by atoms with Crippen molar-refractivity contribution >= 4 is 11.9 Å². The van der Waals surface area contributed by atoms with Gasteiger partial charge in [-0.05, 0) is 6.92 Å². The summed E-state index contributed by atoms with van der Waals surface area (Å²) in [4.78, 5) is 21.0. The van der Waals surface area contributed by atoms with Gasteiger partial charge in [0, 0.05) is 0 Å². The zero-order chi connectivity index (χ0) is 7.78. The average Bonchev–Trinajstić information content (AvgIpc) is 1.81. The van der Waals surface area contributed by atoms with Crippen LogP contribution in [0.15, 0.2) is 0 Å². The number of aliphatic hydroxyl groups is 1. The topological polar surface area (TPSA) is 80.5 Å². The van der Waals surface area contributed by atoms with Gasteiger partial charge in [-0.3, -0.25) is 10.1 Å². The second kappa shape index (κ2) is 1.95. The number of carbonyl (C=O) groups is 2. The lowest BCUT2D eigenvalue weighted by atomic mass is 10.1. The summed E-state index contributed by atoms with van der Waals surface area (Å²) in [7, 11) is 0. The van der Waals surface area contributed by atoms with E-state index in [2.05, 4.69) is 5.32 Å². The number of rotatable bonds is 0. The molecule has 1 saturated heterocycles. The molecule has 5 nitrogen and oxygen atoms in total. The number of carbonyl (C=O) groups excluding carboxylic acids is 2. The van der Waals surface area contributed by atoms with Crippen LogP contribution in [0.5, 0.6) is 0 Å². The third-order valence-electron chi connectivity index (χ3n) is 1.24. The Morgan fingerprint density at radius 2 is 2.30 bits per heavy atom. The average molecular weight is 143 g/mol. The Morgan fingerprint density at radius 1 is 1.70 bits per heavy atom. The van der Waals surface area contributed by atoms with E-state index in [9.17, 15) is 9.59 Å². The number of urea groups is 1. The molecule has 1 fully saturated rings. The molecule has 0 bridgehead atoms. The van der Waals surface area contributed by atoms with E-state index < -0.39 is 17.5 Å². The smallest absolute Gasteiger partial charge is 0.343 e. The van der Waals surface area contributed by atoms with Crippen molar-refractivity contribution < 1.29 is 14.7 Å². The normalized spacial score (nSPS) is 33.0. The standard InChI is InChI=1S/C5H7N2O3/c1-5(10)2-6-4(9)7-3(5)8/h10H,2H2,1H3,(H,7,8,9). The Bertz CT molecular complexity index is 187. The number of imide groups is 1. The van der Waals surface area contributed by atoms with Gasteiger partial charge >= 0.3 is 6.03 Å². The van der Waals surface area contributed by atoms with Crippen LogP contribution in [0.3, 0.4) is 0 Å². The summed E-state index contributed by atoms with van der Waals surface area (Å²) in [5.41, 5.74) is -1.52. The van der Waals surface area contributed by atoms with E-state index in [-0.39, 0.29) is 6.54 Å². The SMILES string of the molecule is CC1(O)C[N]C(=O)NC1=O. The van der Waals surface area contributed by atoms with Crippen molar-refractivity contribution in [1.82, 2.24) is 10.6 Å². The maximum Gasteiger partial charge on any atom is 0.343 e. The maximum atomic E-state index is 10.7. The minimum Gasteiger partial charge on any atom is -0.378 e. The molecule has 1 heterocycles. The number of amides is 3. The van der Waals surface area contributed by atoms with Gasteiger partial charge in [-0.25, -0.2) is 10.1 Å². The van der Waals surface area contributed by atoms with Gasteiger partial charge in [-0.15, -0.1) is 0 Å². The van der Waals surface area contributed by atoms with Crippen LogP contribution in [0.2, 0.25) is 0 Å². The Kier molecular flexibility index (Phi) is 1.37. The van der Waals surface area contributed by atoms with Crippen molar-refractivity contribution in [3.05, 3.63) is 0 Å². The lowest BCUT2D eigenvalue weighted by molar-refractivity contribution is -0.137. The lowest BCUT2D eigenvalue weighted by Gasteiger charge is -2.24. The molecule has 0 saturated carbocycles. The molecule has 3 amide bonds. The molecule has 5 heteroatoms. The highest BCUT2D eigenvalue weighted by atomic mass is 16.3. The first-order chi connectivity index (χ1) is 4.52.